The predicted octanol–water partition coefficient (Wildman–Crippen LogP) is 1.52. The highest BCUT2D eigenvalue weighted by molar-refractivity contribution is 5.62. The van der Waals surface area contributed by atoms with Gasteiger partial charge in [0, 0.05) is 12.6 Å². The first kappa shape index (κ1) is 10.5. The third-order valence-corrected chi connectivity index (χ3v) is 1.81. The molecule has 1 aromatic carbocycles. The van der Waals surface area contributed by atoms with Crippen molar-refractivity contribution in [1.29, 1.82) is 0 Å². The predicted molar refractivity (Wildman–Crippen MR) is 53.2 cm³/mol. The van der Waals surface area contributed by atoms with Crippen molar-refractivity contribution < 1.29 is 10.0 Å². The van der Waals surface area contributed by atoms with E-state index in [-0.39, 0.29) is 12.3 Å². The Bertz CT molecular complexity index is 339. The summed E-state index contributed by atoms with van der Waals surface area (Å²) < 4.78 is 0. The number of nitrogens with one attached hydrogen (secondary N) is 1. The highest BCUT2D eigenvalue weighted by atomic mass is 16.6. The van der Waals surface area contributed by atoms with E-state index in [2.05, 4.69) is 5.32 Å². The zero-order chi connectivity index (χ0) is 10.6. The van der Waals surface area contributed by atoms with Crippen LogP contribution in [0.4, 0.5) is 11.4 Å². The zero-order valence-electron chi connectivity index (χ0n) is 7.86. The number of anilines is 1. The van der Waals surface area contributed by atoms with Gasteiger partial charge in [0.15, 0.2) is 0 Å². The highest BCUT2D eigenvalue weighted by Crippen LogP contribution is 2.25. The van der Waals surface area contributed by atoms with E-state index in [0.717, 1.165) is 0 Å². The van der Waals surface area contributed by atoms with E-state index in [1.807, 2.05) is 6.92 Å². The maximum atomic E-state index is 10.6. The Labute approximate surface area is 81.5 Å². The molecule has 0 saturated carbocycles. The second-order valence-corrected chi connectivity index (χ2v) is 2.80. The Morgan fingerprint density at radius 1 is 1.57 bits per heavy atom. The van der Waals surface area contributed by atoms with Crippen LogP contribution >= 0.6 is 0 Å². The van der Waals surface area contributed by atoms with Crippen LogP contribution in [0.1, 0.15) is 12.5 Å². The first-order valence-electron chi connectivity index (χ1n) is 4.31. The summed E-state index contributed by atoms with van der Waals surface area (Å²) in [5.41, 5.74) is 1.14. The van der Waals surface area contributed by atoms with Gasteiger partial charge in [-0.25, -0.2) is 0 Å². The molecule has 5 nitrogen and oxygen atoms in total. The van der Waals surface area contributed by atoms with Crippen molar-refractivity contribution in [2.75, 3.05) is 11.9 Å². The van der Waals surface area contributed by atoms with Gasteiger partial charge in [0.05, 0.1) is 11.5 Å². The van der Waals surface area contributed by atoms with Gasteiger partial charge in [0.1, 0.15) is 5.69 Å². The number of nitro benzene ring substituents is 1. The molecule has 0 bridgehead atoms. The molecular formula is C9H12N2O3. The lowest BCUT2D eigenvalue weighted by molar-refractivity contribution is -0.384. The number of benzene rings is 1. The molecule has 5 heteroatoms. The van der Waals surface area contributed by atoms with E-state index in [4.69, 9.17) is 5.11 Å². The van der Waals surface area contributed by atoms with Crippen LogP contribution in [0.25, 0.3) is 0 Å². The molecule has 0 unspecified atom stereocenters. The fourth-order valence-electron chi connectivity index (χ4n) is 1.17. The second kappa shape index (κ2) is 4.57. The van der Waals surface area contributed by atoms with Gasteiger partial charge in [-0.2, -0.15) is 0 Å². The fraction of sp³-hybridized carbons (Fsp3) is 0.333. The number of hydrogen-bond donors (Lipinski definition) is 2. The van der Waals surface area contributed by atoms with Crippen LogP contribution in [-0.4, -0.2) is 16.6 Å². The molecule has 0 spiro atoms. The van der Waals surface area contributed by atoms with E-state index in [1.165, 1.54) is 6.07 Å². The van der Waals surface area contributed by atoms with Crippen LogP contribution < -0.4 is 5.32 Å². The van der Waals surface area contributed by atoms with Gasteiger partial charge in [0.2, 0.25) is 0 Å². The average molecular weight is 196 g/mol. The monoisotopic (exact) mass is 196 g/mol. The largest absolute Gasteiger partial charge is 0.392 e. The van der Waals surface area contributed by atoms with Crippen molar-refractivity contribution in [3.63, 3.8) is 0 Å². The summed E-state index contributed by atoms with van der Waals surface area (Å²) in [6.07, 6.45) is 0. The maximum absolute atomic E-state index is 10.6. The van der Waals surface area contributed by atoms with Crippen LogP contribution in [0.5, 0.6) is 0 Å². The number of aliphatic hydroxyl groups is 1. The van der Waals surface area contributed by atoms with E-state index in [1.54, 1.807) is 12.1 Å². The summed E-state index contributed by atoms with van der Waals surface area (Å²) in [6.45, 7) is 2.35. The minimum Gasteiger partial charge on any atom is -0.392 e. The summed E-state index contributed by atoms with van der Waals surface area (Å²) in [5.74, 6) is 0. The molecule has 14 heavy (non-hydrogen) atoms. The number of rotatable bonds is 4. The minimum atomic E-state index is -0.445. The SMILES string of the molecule is CCNc1cc(CO)ccc1[N+](=O)[O-]. The topological polar surface area (TPSA) is 75.4 Å². The summed E-state index contributed by atoms with van der Waals surface area (Å²) in [6, 6.07) is 4.52. The maximum Gasteiger partial charge on any atom is 0.292 e. The summed E-state index contributed by atoms with van der Waals surface area (Å²) in [7, 11) is 0. The molecule has 0 aliphatic carbocycles. The van der Waals surface area contributed by atoms with Gasteiger partial charge in [-0.05, 0) is 24.6 Å². The van der Waals surface area contributed by atoms with E-state index in [0.29, 0.717) is 17.8 Å². The molecule has 0 fully saturated rings. The zero-order valence-corrected chi connectivity index (χ0v) is 7.86. The summed E-state index contributed by atoms with van der Waals surface area (Å²) >= 11 is 0. The molecule has 0 aliphatic rings. The van der Waals surface area contributed by atoms with Gasteiger partial charge in [0.25, 0.3) is 5.69 Å². The Kier molecular flexibility index (Phi) is 3.41. The summed E-state index contributed by atoms with van der Waals surface area (Å²) in [4.78, 5) is 10.2. The lowest BCUT2D eigenvalue weighted by atomic mass is 10.2. The first-order chi connectivity index (χ1) is 6.69. The van der Waals surface area contributed by atoms with Crippen LogP contribution in [0.3, 0.4) is 0 Å². The molecule has 0 radical (unpaired) electrons. The van der Waals surface area contributed by atoms with Gasteiger partial charge in [-0.15, -0.1) is 0 Å². The van der Waals surface area contributed by atoms with Crippen LogP contribution in [0.2, 0.25) is 0 Å². The number of aliphatic hydroxyl groups excluding tert-OH is 1. The Balaban J connectivity index is 3.10. The van der Waals surface area contributed by atoms with E-state index in [9.17, 15) is 10.1 Å². The quantitative estimate of drug-likeness (QED) is 0.565. The van der Waals surface area contributed by atoms with Crippen molar-refractivity contribution in [2.24, 2.45) is 0 Å². The molecule has 0 aliphatic heterocycles. The van der Waals surface area contributed by atoms with Gasteiger partial charge in [-0.1, -0.05) is 0 Å². The molecule has 0 saturated heterocycles. The second-order valence-electron chi connectivity index (χ2n) is 2.80. The van der Waals surface area contributed by atoms with Crippen molar-refractivity contribution in [1.82, 2.24) is 0 Å². The van der Waals surface area contributed by atoms with Gasteiger partial charge < -0.3 is 10.4 Å². The lowest BCUT2D eigenvalue weighted by Crippen LogP contribution is -2.02. The van der Waals surface area contributed by atoms with E-state index >= 15 is 0 Å². The standard InChI is InChI=1S/C9H12N2O3/c1-2-10-8-5-7(6-12)3-4-9(8)11(13)14/h3-5,10,12H,2,6H2,1H3. The van der Waals surface area contributed by atoms with Gasteiger partial charge >= 0.3 is 0 Å². The third-order valence-electron chi connectivity index (χ3n) is 1.81. The van der Waals surface area contributed by atoms with Crippen molar-refractivity contribution in [3.8, 4) is 0 Å². The normalized spacial score (nSPS) is 9.86. The van der Waals surface area contributed by atoms with Crippen molar-refractivity contribution >= 4 is 11.4 Å². The molecule has 0 aromatic heterocycles. The Hall–Kier alpha value is -1.62. The van der Waals surface area contributed by atoms with Gasteiger partial charge in [-0.3, -0.25) is 10.1 Å². The average Bonchev–Trinajstić information content (AvgIpc) is 2.17. The van der Waals surface area contributed by atoms with Crippen LogP contribution in [-0.2, 0) is 6.61 Å². The third kappa shape index (κ3) is 2.20. The smallest absolute Gasteiger partial charge is 0.292 e. The number of hydrogen-bond acceptors (Lipinski definition) is 4. The number of nitro groups is 1. The summed E-state index contributed by atoms with van der Waals surface area (Å²) in [5, 5.41) is 22.3. The van der Waals surface area contributed by atoms with E-state index < -0.39 is 4.92 Å². The minimum absolute atomic E-state index is 0.0315. The molecule has 0 amide bonds. The Morgan fingerprint density at radius 3 is 2.79 bits per heavy atom. The molecule has 1 rings (SSSR count). The van der Waals surface area contributed by atoms with Crippen LogP contribution in [0, 0.1) is 10.1 Å². The highest BCUT2D eigenvalue weighted by Gasteiger charge is 2.12. The lowest BCUT2D eigenvalue weighted by Gasteiger charge is -2.05. The molecule has 0 atom stereocenters. The first-order valence-corrected chi connectivity index (χ1v) is 4.31. The molecule has 0 heterocycles. The fourth-order valence-corrected chi connectivity index (χ4v) is 1.17. The molecular weight excluding hydrogens is 184 g/mol. The van der Waals surface area contributed by atoms with Crippen molar-refractivity contribution in [2.45, 2.75) is 13.5 Å². The van der Waals surface area contributed by atoms with Crippen LogP contribution in [0.15, 0.2) is 18.2 Å². The number of nitrogens with zero attached hydrogens (tertiary/aromatic N) is 1. The molecule has 2 N–H and O–H groups in total. The Morgan fingerprint density at radius 2 is 2.29 bits per heavy atom. The molecule has 76 valence electrons. The molecule has 1 aromatic rings. The van der Waals surface area contributed by atoms with Crippen molar-refractivity contribution in [3.05, 3.63) is 33.9 Å².